The van der Waals surface area contributed by atoms with Crippen LogP contribution in [-0.4, -0.2) is 54.4 Å². The van der Waals surface area contributed by atoms with Crippen LogP contribution >= 0.6 is 0 Å². The van der Waals surface area contributed by atoms with Crippen molar-refractivity contribution in [2.24, 2.45) is 5.41 Å². The van der Waals surface area contributed by atoms with E-state index in [0.29, 0.717) is 0 Å². The minimum atomic E-state index is -4.56. The Bertz CT molecular complexity index is 313. The molecule has 0 aliphatic carbocycles. The van der Waals surface area contributed by atoms with Gasteiger partial charge in [-0.05, 0) is 33.2 Å². The predicted molar refractivity (Wildman–Crippen MR) is 64.5 cm³/mol. The van der Waals surface area contributed by atoms with Gasteiger partial charge in [0.1, 0.15) is 0 Å². The molecule has 1 aliphatic rings. The summed E-state index contributed by atoms with van der Waals surface area (Å²) < 4.78 is 39.8. The quantitative estimate of drug-likeness (QED) is 0.795. The lowest BCUT2D eigenvalue weighted by atomic mass is 9.84. The fourth-order valence-corrected chi connectivity index (χ4v) is 2.35. The Kier molecular flexibility index (Phi) is 5.20. The van der Waals surface area contributed by atoms with Crippen LogP contribution in [0.1, 0.15) is 26.7 Å². The van der Waals surface area contributed by atoms with Crippen LogP contribution in [0.15, 0.2) is 0 Å². The van der Waals surface area contributed by atoms with Gasteiger partial charge in [0, 0.05) is 25.7 Å². The first-order chi connectivity index (χ1) is 8.76. The van der Waals surface area contributed by atoms with E-state index in [4.69, 9.17) is 5.11 Å². The van der Waals surface area contributed by atoms with Crippen LogP contribution in [0.4, 0.5) is 13.2 Å². The Morgan fingerprint density at radius 3 is 2.47 bits per heavy atom. The highest BCUT2D eigenvalue weighted by atomic mass is 19.4. The standard InChI is InChI=1S/C12H21F3N2O2/c1-9(2)17(6-3-7-18)10(19)11(12(13,14)15)4-5-16-8-11/h9,16,18H,3-8H2,1-2H3. The maximum absolute atomic E-state index is 13.3. The van der Waals surface area contributed by atoms with E-state index < -0.39 is 17.5 Å². The van der Waals surface area contributed by atoms with E-state index in [9.17, 15) is 18.0 Å². The molecule has 1 unspecified atom stereocenters. The average molecular weight is 282 g/mol. The molecule has 0 saturated carbocycles. The minimum absolute atomic E-state index is 0.144. The van der Waals surface area contributed by atoms with E-state index in [1.807, 2.05) is 0 Å². The third kappa shape index (κ3) is 3.20. The first-order valence-corrected chi connectivity index (χ1v) is 6.45. The maximum atomic E-state index is 13.3. The number of nitrogens with one attached hydrogen (secondary N) is 1. The third-order valence-corrected chi connectivity index (χ3v) is 3.55. The van der Waals surface area contributed by atoms with E-state index in [2.05, 4.69) is 5.32 Å². The summed E-state index contributed by atoms with van der Waals surface area (Å²) in [6.45, 7) is 3.19. The second-order valence-corrected chi connectivity index (χ2v) is 5.18. The van der Waals surface area contributed by atoms with E-state index in [1.54, 1.807) is 13.8 Å². The maximum Gasteiger partial charge on any atom is 0.404 e. The van der Waals surface area contributed by atoms with E-state index in [-0.39, 0.29) is 45.1 Å². The van der Waals surface area contributed by atoms with Crippen molar-refractivity contribution in [2.75, 3.05) is 26.2 Å². The summed E-state index contributed by atoms with van der Waals surface area (Å²) in [5.41, 5.74) is -2.31. The van der Waals surface area contributed by atoms with Crippen LogP contribution < -0.4 is 5.32 Å². The number of carbonyl (C=O) groups excluding carboxylic acids is 1. The van der Waals surface area contributed by atoms with Gasteiger partial charge in [-0.15, -0.1) is 0 Å². The van der Waals surface area contributed by atoms with E-state index >= 15 is 0 Å². The largest absolute Gasteiger partial charge is 0.404 e. The van der Waals surface area contributed by atoms with Crippen molar-refractivity contribution < 1.29 is 23.1 Å². The molecule has 1 rings (SSSR count). The molecule has 1 amide bonds. The molecule has 1 aliphatic heterocycles. The summed E-state index contributed by atoms with van der Waals surface area (Å²) in [5, 5.41) is 11.4. The molecule has 0 aromatic rings. The lowest BCUT2D eigenvalue weighted by molar-refractivity contribution is -0.222. The lowest BCUT2D eigenvalue weighted by Crippen LogP contribution is -2.55. The second kappa shape index (κ2) is 6.09. The van der Waals surface area contributed by atoms with Gasteiger partial charge < -0.3 is 15.3 Å². The van der Waals surface area contributed by atoms with Gasteiger partial charge in [-0.3, -0.25) is 4.79 Å². The number of nitrogens with zero attached hydrogens (tertiary/aromatic N) is 1. The molecule has 4 nitrogen and oxygen atoms in total. The zero-order valence-corrected chi connectivity index (χ0v) is 11.3. The van der Waals surface area contributed by atoms with Gasteiger partial charge in [-0.25, -0.2) is 0 Å². The molecule has 0 aromatic carbocycles. The van der Waals surface area contributed by atoms with Gasteiger partial charge in [0.25, 0.3) is 0 Å². The molecule has 1 saturated heterocycles. The molecule has 0 bridgehead atoms. The van der Waals surface area contributed by atoms with Crippen LogP contribution in [0.25, 0.3) is 0 Å². The number of hydrogen-bond donors (Lipinski definition) is 2. The fraction of sp³-hybridized carbons (Fsp3) is 0.917. The number of carbonyl (C=O) groups is 1. The summed E-state index contributed by atoms with van der Waals surface area (Å²) in [7, 11) is 0. The molecule has 0 radical (unpaired) electrons. The molecule has 2 N–H and O–H groups in total. The van der Waals surface area contributed by atoms with Gasteiger partial charge in [0.05, 0.1) is 0 Å². The van der Waals surface area contributed by atoms with Gasteiger partial charge in [-0.1, -0.05) is 0 Å². The summed E-state index contributed by atoms with van der Waals surface area (Å²) in [6.07, 6.45) is -4.50. The Balaban J connectivity index is 2.98. The predicted octanol–water partition coefficient (Wildman–Crippen LogP) is 1.15. The highest BCUT2D eigenvalue weighted by molar-refractivity contribution is 5.84. The molecule has 1 atom stereocenters. The summed E-state index contributed by atoms with van der Waals surface area (Å²) in [5.74, 6) is -0.881. The van der Waals surface area contributed by atoms with Crippen molar-refractivity contribution in [1.82, 2.24) is 10.2 Å². The molecule has 112 valence electrons. The number of amides is 1. The monoisotopic (exact) mass is 282 g/mol. The molecule has 0 aromatic heterocycles. The Morgan fingerprint density at radius 1 is 1.47 bits per heavy atom. The number of aliphatic hydroxyl groups is 1. The van der Waals surface area contributed by atoms with Gasteiger partial charge in [-0.2, -0.15) is 13.2 Å². The Labute approximate surface area is 111 Å². The Morgan fingerprint density at radius 2 is 2.11 bits per heavy atom. The average Bonchev–Trinajstić information content (AvgIpc) is 2.78. The first-order valence-electron chi connectivity index (χ1n) is 6.45. The van der Waals surface area contributed by atoms with Crippen LogP contribution in [0.3, 0.4) is 0 Å². The number of rotatable bonds is 5. The molecular formula is C12H21F3N2O2. The van der Waals surface area contributed by atoms with Gasteiger partial charge in [0.15, 0.2) is 5.41 Å². The van der Waals surface area contributed by atoms with Crippen molar-refractivity contribution in [3.63, 3.8) is 0 Å². The number of hydrogen-bond acceptors (Lipinski definition) is 3. The molecular weight excluding hydrogens is 261 g/mol. The van der Waals surface area contributed by atoms with Crippen molar-refractivity contribution in [2.45, 2.75) is 38.9 Å². The number of alkyl halides is 3. The summed E-state index contributed by atoms with van der Waals surface area (Å²) >= 11 is 0. The second-order valence-electron chi connectivity index (χ2n) is 5.18. The van der Waals surface area contributed by atoms with Crippen LogP contribution in [0, 0.1) is 5.41 Å². The SMILES string of the molecule is CC(C)N(CCCO)C(=O)C1(C(F)(F)F)CCNC1. The summed E-state index contributed by atoms with van der Waals surface area (Å²) in [6, 6.07) is -0.320. The number of aliphatic hydroxyl groups excluding tert-OH is 1. The lowest BCUT2D eigenvalue weighted by Gasteiger charge is -2.37. The zero-order chi connectivity index (χ0) is 14.7. The Hall–Kier alpha value is -0.820. The van der Waals surface area contributed by atoms with Crippen molar-refractivity contribution >= 4 is 5.91 Å². The molecule has 0 spiro atoms. The van der Waals surface area contributed by atoms with E-state index in [0.717, 1.165) is 0 Å². The van der Waals surface area contributed by atoms with Crippen molar-refractivity contribution in [3.05, 3.63) is 0 Å². The zero-order valence-electron chi connectivity index (χ0n) is 11.3. The first kappa shape index (κ1) is 16.2. The van der Waals surface area contributed by atoms with Gasteiger partial charge >= 0.3 is 6.18 Å². The van der Waals surface area contributed by atoms with Crippen LogP contribution in [0.5, 0.6) is 0 Å². The van der Waals surface area contributed by atoms with E-state index in [1.165, 1.54) is 4.90 Å². The smallest absolute Gasteiger partial charge is 0.396 e. The minimum Gasteiger partial charge on any atom is -0.396 e. The van der Waals surface area contributed by atoms with Crippen LogP contribution in [-0.2, 0) is 4.79 Å². The summed E-state index contributed by atoms with van der Waals surface area (Å²) in [4.78, 5) is 13.6. The van der Waals surface area contributed by atoms with Crippen molar-refractivity contribution in [3.8, 4) is 0 Å². The highest BCUT2D eigenvalue weighted by Gasteiger charge is 2.62. The molecule has 1 heterocycles. The number of halogens is 3. The van der Waals surface area contributed by atoms with Crippen molar-refractivity contribution in [1.29, 1.82) is 0 Å². The van der Waals surface area contributed by atoms with Gasteiger partial charge in [0.2, 0.25) is 5.91 Å². The fourth-order valence-electron chi connectivity index (χ4n) is 2.35. The molecule has 1 fully saturated rings. The normalized spacial score (nSPS) is 23.9. The highest BCUT2D eigenvalue weighted by Crippen LogP contribution is 2.44. The molecule has 7 heteroatoms. The van der Waals surface area contributed by atoms with Crippen LogP contribution in [0.2, 0.25) is 0 Å². The molecule has 19 heavy (non-hydrogen) atoms. The third-order valence-electron chi connectivity index (χ3n) is 3.55. The topological polar surface area (TPSA) is 52.6 Å².